The zero-order chi connectivity index (χ0) is 24.8. The van der Waals surface area contributed by atoms with E-state index >= 15 is 0 Å². The Morgan fingerprint density at radius 2 is 1.83 bits per heavy atom. The maximum absolute atomic E-state index is 14.9. The first-order valence-corrected chi connectivity index (χ1v) is 12.0. The molecular formula is C28H25FN2O5. The number of amidine groups is 1. The number of carboxylic acid groups (broad SMARTS) is 1. The number of hydrogen-bond acceptors (Lipinski definition) is 6. The molecule has 1 saturated carbocycles. The molecule has 0 radical (unpaired) electrons. The van der Waals surface area contributed by atoms with E-state index < -0.39 is 12.1 Å². The van der Waals surface area contributed by atoms with Crippen molar-refractivity contribution in [2.45, 2.75) is 44.4 Å². The van der Waals surface area contributed by atoms with Gasteiger partial charge in [-0.05, 0) is 86.2 Å². The van der Waals surface area contributed by atoms with Gasteiger partial charge in [0.25, 0.3) is 0 Å². The summed E-state index contributed by atoms with van der Waals surface area (Å²) >= 11 is 0. The van der Waals surface area contributed by atoms with Crippen LogP contribution in [0.3, 0.4) is 0 Å². The molecule has 36 heavy (non-hydrogen) atoms. The largest absolute Gasteiger partial charge is 0.486 e. The summed E-state index contributed by atoms with van der Waals surface area (Å²) in [4.78, 5) is 20.7. The summed E-state index contributed by atoms with van der Waals surface area (Å²) in [7, 11) is 0. The molecule has 1 fully saturated rings. The normalized spacial score (nSPS) is 24.0. The molecular weight excluding hydrogens is 463 g/mol. The number of aliphatic carboxylic acids is 1. The molecule has 7 nitrogen and oxygen atoms in total. The Balaban J connectivity index is 1.16. The zero-order valence-electron chi connectivity index (χ0n) is 19.6. The van der Waals surface area contributed by atoms with E-state index in [2.05, 4.69) is 10.5 Å². The number of hydrogen-bond donors (Lipinski definition) is 2. The fourth-order valence-electron chi connectivity index (χ4n) is 4.97. The number of hydroxylamine groups is 1. The quantitative estimate of drug-likeness (QED) is 0.457. The first-order chi connectivity index (χ1) is 17.5. The van der Waals surface area contributed by atoms with E-state index in [9.17, 15) is 9.18 Å². The van der Waals surface area contributed by atoms with Gasteiger partial charge < -0.3 is 14.6 Å². The summed E-state index contributed by atoms with van der Waals surface area (Å²) < 4.78 is 27.2. The van der Waals surface area contributed by atoms with E-state index in [1.165, 1.54) is 6.07 Å². The number of nitrogens with zero attached hydrogens (tertiary/aromatic N) is 1. The lowest BCUT2D eigenvalue weighted by Gasteiger charge is -2.17. The Morgan fingerprint density at radius 1 is 1.08 bits per heavy atom. The van der Waals surface area contributed by atoms with Crippen LogP contribution in [0.2, 0.25) is 0 Å². The number of carbonyl (C=O) groups is 1. The third-order valence-corrected chi connectivity index (χ3v) is 6.93. The van der Waals surface area contributed by atoms with E-state index in [0.717, 1.165) is 16.7 Å². The minimum atomic E-state index is -0.753. The lowest BCUT2D eigenvalue weighted by molar-refractivity contribution is -0.138. The van der Waals surface area contributed by atoms with Crippen LogP contribution in [0.25, 0.3) is 0 Å². The van der Waals surface area contributed by atoms with Crippen molar-refractivity contribution >= 4 is 11.8 Å². The van der Waals surface area contributed by atoms with Gasteiger partial charge in [0.2, 0.25) is 0 Å². The number of aliphatic imine (C=N–C) groups is 1. The van der Waals surface area contributed by atoms with Crippen molar-refractivity contribution in [1.29, 1.82) is 0 Å². The molecule has 1 heterocycles. The third kappa shape index (κ3) is 4.28. The minimum Gasteiger partial charge on any atom is -0.486 e. The monoisotopic (exact) mass is 488 g/mol. The van der Waals surface area contributed by atoms with Crippen molar-refractivity contribution in [1.82, 2.24) is 5.48 Å². The molecule has 0 bridgehead atoms. The van der Waals surface area contributed by atoms with Gasteiger partial charge in [0, 0.05) is 16.7 Å². The molecule has 0 aromatic heterocycles. The number of fused-ring (bicyclic) bond motifs is 1. The molecule has 0 spiro atoms. The van der Waals surface area contributed by atoms with Gasteiger partial charge in [0.05, 0.1) is 5.92 Å². The second-order valence-corrected chi connectivity index (χ2v) is 9.36. The summed E-state index contributed by atoms with van der Waals surface area (Å²) in [6.45, 7) is 1.85. The number of carboxylic acids is 1. The van der Waals surface area contributed by atoms with Crippen LogP contribution in [0, 0.1) is 11.7 Å². The molecule has 3 aromatic carbocycles. The van der Waals surface area contributed by atoms with Crippen LogP contribution in [-0.4, -0.2) is 23.1 Å². The molecule has 3 aliphatic rings. The zero-order valence-corrected chi connectivity index (χ0v) is 19.6. The van der Waals surface area contributed by atoms with Crippen LogP contribution in [0.15, 0.2) is 65.7 Å². The molecule has 0 saturated heterocycles. The van der Waals surface area contributed by atoms with Gasteiger partial charge in [-0.15, -0.1) is 0 Å². The standard InChI is InChI=1S/C28H25FN2O5/c1-15-30-27(31-36-15)17-4-8-18(9-5-17)34-24-13-11-23(29)26-20(24)10-12-25(26)35-19-6-2-16(3-7-19)21-14-22(21)28(32)33/h2-9,11,13,15,21-22,25H,10,12,14H2,1H3,(H,30,31)(H,32,33)/t15?,21?,22-,25?/m0/s1. The van der Waals surface area contributed by atoms with Crippen molar-refractivity contribution in [2.24, 2.45) is 10.9 Å². The van der Waals surface area contributed by atoms with E-state index in [1.807, 2.05) is 55.5 Å². The Morgan fingerprint density at radius 3 is 2.50 bits per heavy atom. The molecule has 184 valence electrons. The molecule has 2 aliphatic carbocycles. The lowest BCUT2D eigenvalue weighted by Crippen LogP contribution is -2.18. The van der Waals surface area contributed by atoms with Crippen molar-refractivity contribution < 1.29 is 28.6 Å². The van der Waals surface area contributed by atoms with Crippen molar-refractivity contribution in [3.05, 3.63) is 88.7 Å². The van der Waals surface area contributed by atoms with E-state index in [4.69, 9.17) is 19.4 Å². The average molecular weight is 489 g/mol. The summed E-state index contributed by atoms with van der Waals surface area (Å²) in [6.07, 6.45) is 1.30. The number of benzene rings is 3. The number of rotatable bonds is 7. The first kappa shape index (κ1) is 22.5. The molecule has 6 rings (SSSR count). The predicted molar refractivity (Wildman–Crippen MR) is 130 cm³/mol. The van der Waals surface area contributed by atoms with Gasteiger partial charge in [-0.2, -0.15) is 0 Å². The molecule has 0 amide bonds. The Bertz CT molecular complexity index is 1340. The molecule has 3 unspecified atom stereocenters. The fraction of sp³-hybridized carbons (Fsp3) is 0.286. The molecule has 1 aliphatic heterocycles. The number of ether oxygens (including phenoxy) is 2. The van der Waals surface area contributed by atoms with Crippen LogP contribution < -0.4 is 15.0 Å². The minimum absolute atomic E-state index is 0.0642. The number of halogens is 1. The first-order valence-electron chi connectivity index (χ1n) is 12.0. The van der Waals surface area contributed by atoms with Crippen molar-refractivity contribution in [3.63, 3.8) is 0 Å². The van der Waals surface area contributed by atoms with E-state index in [0.29, 0.717) is 47.9 Å². The lowest BCUT2D eigenvalue weighted by atomic mass is 10.1. The summed E-state index contributed by atoms with van der Waals surface area (Å²) in [5.41, 5.74) is 6.02. The summed E-state index contributed by atoms with van der Waals surface area (Å²) in [5, 5.41) is 9.15. The van der Waals surface area contributed by atoms with Gasteiger partial charge in [0.15, 0.2) is 12.1 Å². The summed E-state index contributed by atoms with van der Waals surface area (Å²) in [5.74, 6) is 1.26. The van der Waals surface area contributed by atoms with Gasteiger partial charge in [0.1, 0.15) is 29.2 Å². The Kier molecular flexibility index (Phi) is 5.60. The topological polar surface area (TPSA) is 89.4 Å². The van der Waals surface area contributed by atoms with Crippen molar-refractivity contribution in [3.8, 4) is 17.2 Å². The molecule has 3 aromatic rings. The van der Waals surface area contributed by atoms with E-state index in [1.54, 1.807) is 6.07 Å². The van der Waals surface area contributed by atoms with E-state index in [-0.39, 0.29) is 23.9 Å². The molecule has 2 N–H and O–H groups in total. The highest BCUT2D eigenvalue weighted by atomic mass is 19.1. The maximum Gasteiger partial charge on any atom is 0.307 e. The third-order valence-electron chi connectivity index (χ3n) is 6.93. The van der Waals surface area contributed by atoms with Crippen LogP contribution in [0.1, 0.15) is 54.0 Å². The fourth-order valence-corrected chi connectivity index (χ4v) is 4.97. The van der Waals surface area contributed by atoms with Crippen LogP contribution in [0.5, 0.6) is 17.2 Å². The Labute approximate surface area is 207 Å². The highest BCUT2D eigenvalue weighted by molar-refractivity contribution is 5.98. The SMILES string of the molecule is CC1N=C(c2ccc(Oc3ccc(F)c4c3CCC4Oc3ccc(C4C[C@@H]4C(=O)O)cc3)cc2)NO1. The maximum atomic E-state index is 14.9. The Hall–Kier alpha value is -3.91. The highest BCUT2D eigenvalue weighted by Crippen LogP contribution is 2.48. The van der Waals surface area contributed by atoms with Crippen LogP contribution >= 0.6 is 0 Å². The van der Waals surface area contributed by atoms with Gasteiger partial charge in [-0.3, -0.25) is 4.79 Å². The van der Waals surface area contributed by atoms with Gasteiger partial charge in [-0.1, -0.05) is 12.1 Å². The molecule has 4 atom stereocenters. The molecule has 8 heteroatoms. The second-order valence-electron chi connectivity index (χ2n) is 9.36. The second kappa shape index (κ2) is 8.95. The summed E-state index contributed by atoms with van der Waals surface area (Å²) in [6, 6.07) is 18.0. The van der Waals surface area contributed by atoms with Gasteiger partial charge in [-0.25, -0.2) is 19.7 Å². The average Bonchev–Trinajstić information content (AvgIpc) is 3.40. The van der Waals surface area contributed by atoms with Crippen LogP contribution in [0.4, 0.5) is 4.39 Å². The highest BCUT2D eigenvalue weighted by Gasteiger charge is 2.44. The number of nitrogens with one attached hydrogen (secondary N) is 1. The smallest absolute Gasteiger partial charge is 0.307 e. The van der Waals surface area contributed by atoms with Crippen molar-refractivity contribution in [2.75, 3.05) is 0 Å². The van der Waals surface area contributed by atoms with Gasteiger partial charge >= 0.3 is 5.97 Å². The predicted octanol–water partition coefficient (Wildman–Crippen LogP) is 5.50. The van der Waals surface area contributed by atoms with Crippen LogP contribution in [-0.2, 0) is 16.1 Å².